The Labute approximate surface area is 294 Å². The molecule has 2 aromatic carbocycles. The van der Waals surface area contributed by atoms with Gasteiger partial charge in [0.15, 0.2) is 0 Å². The minimum atomic E-state index is -0.934. The number of hydrogen-bond acceptors (Lipinski definition) is 8. The van der Waals surface area contributed by atoms with Crippen LogP contribution in [-0.2, 0) is 28.6 Å². The highest BCUT2D eigenvalue weighted by Crippen LogP contribution is 2.44. The molecule has 0 saturated heterocycles. The molecule has 2 aromatic rings. The molecule has 1 heterocycles. The lowest BCUT2D eigenvalue weighted by Crippen LogP contribution is -2.46. The van der Waals surface area contributed by atoms with Crippen LogP contribution in [-0.4, -0.2) is 80.6 Å². The molecule has 11 nitrogen and oxygen atoms in total. The van der Waals surface area contributed by atoms with Crippen LogP contribution in [0, 0.1) is 11.8 Å². The predicted octanol–water partition coefficient (Wildman–Crippen LogP) is 4.76. The predicted molar refractivity (Wildman–Crippen MR) is 188 cm³/mol. The van der Waals surface area contributed by atoms with E-state index in [1.165, 1.54) is 6.42 Å². The molecule has 1 aliphatic heterocycles. The third kappa shape index (κ3) is 10.6. The van der Waals surface area contributed by atoms with E-state index in [0.29, 0.717) is 25.2 Å². The summed E-state index contributed by atoms with van der Waals surface area (Å²) in [6.07, 6.45) is 10.3. The summed E-state index contributed by atoms with van der Waals surface area (Å²) >= 11 is 0. The number of nitrogens with one attached hydrogen (secondary N) is 3. The Hall–Kier alpha value is -4.22. The first-order valence-electron chi connectivity index (χ1n) is 18.1. The third-order valence-electron chi connectivity index (χ3n) is 9.85. The molecule has 4 N–H and O–H groups in total. The second-order valence-electron chi connectivity index (χ2n) is 13.5. The molecule has 0 spiro atoms. The molecule has 3 aliphatic rings. The number of carbonyl (C=O) groups is 4. The maximum absolute atomic E-state index is 13.6. The van der Waals surface area contributed by atoms with Crippen LogP contribution in [0.4, 0.5) is 4.79 Å². The van der Waals surface area contributed by atoms with Crippen LogP contribution in [0.3, 0.4) is 0 Å². The summed E-state index contributed by atoms with van der Waals surface area (Å²) in [7, 11) is 0. The number of amides is 3. The number of ether oxygens (including phenoxy) is 3. The second kappa shape index (κ2) is 19.2. The molecule has 1 saturated carbocycles. The van der Waals surface area contributed by atoms with Crippen molar-refractivity contribution in [2.75, 3.05) is 39.6 Å². The van der Waals surface area contributed by atoms with Crippen molar-refractivity contribution >= 4 is 23.9 Å². The van der Waals surface area contributed by atoms with Gasteiger partial charge in [-0.25, -0.2) is 9.59 Å². The number of allylic oxidation sites excluding steroid dienone is 2. The Balaban J connectivity index is 1.22. The van der Waals surface area contributed by atoms with E-state index in [9.17, 15) is 19.2 Å². The number of alkyl carbamates (subject to hydrolysis) is 1. The fraction of sp³-hybridized carbons (Fsp3) is 0.538. The number of carbonyl (C=O) groups excluding carboxylic acids is 4. The quantitative estimate of drug-likeness (QED) is 0.141. The average Bonchev–Trinajstić information content (AvgIpc) is 3.45. The van der Waals surface area contributed by atoms with Gasteiger partial charge < -0.3 is 35.3 Å². The Morgan fingerprint density at radius 1 is 0.920 bits per heavy atom. The number of rotatable bonds is 12. The van der Waals surface area contributed by atoms with Gasteiger partial charge in [-0.3, -0.25) is 9.59 Å². The van der Waals surface area contributed by atoms with E-state index in [-0.39, 0.29) is 70.2 Å². The molecule has 0 aromatic heterocycles. The second-order valence-corrected chi connectivity index (χ2v) is 13.5. The molecule has 1 fully saturated rings. The van der Waals surface area contributed by atoms with Crippen LogP contribution >= 0.6 is 0 Å². The molecule has 0 bridgehead atoms. The number of fused-ring (bicyclic) bond motifs is 3. The van der Waals surface area contributed by atoms with Gasteiger partial charge in [0.25, 0.3) is 0 Å². The third-order valence-corrected chi connectivity index (χ3v) is 9.85. The number of aliphatic hydroxyl groups excluding tert-OH is 1. The summed E-state index contributed by atoms with van der Waals surface area (Å²) < 4.78 is 16.7. The van der Waals surface area contributed by atoms with E-state index in [1.807, 2.05) is 36.4 Å². The summed E-state index contributed by atoms with van der Waals surface area (Å²) in [4.78, 5) is 52.8. The molecule has 50 heavy (non-hydrogen) atoms. The molecule has 5 rings (SSSR count). The zero-order chi connectivity index (χ0) is 35.1. The van der Waals surface area contributed by atoms with Gasteiger partial charge in [-0.15, -0.1) is 0 Å². The van der Waals surface area contributed by atoms with E-state index in [0.717, 1.165) is 47.9 Å². The zero-order valence-electron chi connectivity index (χ0n) is 28.8. The van der Waals surface area contributed by atoms with E-state index >= 15 is 0 Å². The van der Waals surface area contributed by atoms with Gasteiger partial charge in [0.2, 0.25) is 11.8 Å². The normalized spacial score (nSPS) is 21.7. The number of aliphatic hydroxyl groups is 1. The van der Waals surface area contributed by atoms with E-state index < -0.39 is 30.1 Å². The van der Waals surface area contributed by atoms with Gasteiger partial charge in [0.05, 0.1) is 31.8 Å². The van der Waals surface area contributed by atoms with Crippen molar-refractivity contribution in [3.8, 4) is 11.1 Å². The Bertz CT molecular complexity index is 1430. The van der Waals surface area contributed by atoms with Crippen LogP contribution in [0.5, 0.6) is 0 Å². The summed E-state index contributed by atoms with van der Waals surface area (Å²) in [6, 6.07) is 14.8. The standard InChI is InChI=1S/C39H51N3O8/c43-20-22-48-21-19-40-36(44)24-28-13-5-2-6-18-35(38(46)49-25-29(41-37(28)45)23-27-11-3-1-4-12-27)42-39(47)50-26-34-32-16-9-7-14-30(32)31-15-8-10-17-33(31)34/h2,5,7-10,14-17,27-29,34-35,43H,1,3-4,6,11-13,18-26H2,(H,40,44)(H,41,45)(H,42,47)/t28-,29+,35+/m1/s1. The van der Waals surface area contributed by atoms with Crippen LogP contribution in [0.15, 0.2) is 60.7 Å². The smallest absolute Gasteiger partial charge is 0.407 e. The topological polar surface area (TPSA) is 152 Å². The van der Waals surface area contributed by atoms with Gasteiger partial charge in [0, 0.05) is 18.9 Å². The van der Waals surface area contributed by atoms with Crippen molar-refractivity contribution in [2.45, 2.75) is 82.2 Å². The molecule has 270 valence electrons. The van der Waals surface area contributed by atoms with E-state index in [1.54, 1.807) is 0 Å². The van der Waals surface area contributed by atoms with Gasteiger partial charge >= 0.3 is 12.1 Å². The minimum absolute atomic E-state index is 0.00191. The highest BCUT2D eigenvalue weighted by Gasteiger charge is 2.31. The molecule has 0 unspecified atom stereocenters. The SMILES string of the molecule is O=C(C[C@H]1CC=CCC[C@H](NC(=O)OCC2c3ccccc3-c3ccccc32)C(=O)OC[C@H](CC2CCCCC2)NC1=O)NCCOCCO. The number of esters is 1. The van der Waals surface area contributed by atoms with Gasteiger partial charge in [-0.1, -0.05) is 92.8 Å². The summed E-state index contributed by atoms with van der Waals surface area (Å²) in [5, 5.41) is 17.5. The van der Waals surface area contributed by atoms with Gasteiger partial charge in [0.1, 0.15) is 19.3 Å². The van der Waals surface area contributed by atoms with Crippen LogP contribution in [0.1, 0.15) is 81.3 Å². The van der Waals surface area contributed by atoms with Crippen molar-refractivity contribution < 1.29 is 38.5 Å². The largest absolute Gasteiger partial charge is 0.462 e. The van der Waals surface area contributed by atoms with E-state index in [2.05, 4.69) is 40.2 Å². The summed E-state index contributed by atoms with van der Waals surface area (Å²) in [6.45, 7) is 0.747. The molecule has 0 radical (unpaired) electrons. The first kappa shape index (κ1) is 37.0. The van der Waals surface area contributed by atoms with Gasteiger partial charge in [-0.05, 0) is 53.9 Å². The highest BCUT2D eigenvalue weighted by atomic mass is 16.6. The first-order valence-corrected chi connectivity index (χ1v) is 18.1. The maximum atomic E-state index is 13.6. The molecule has 3 atom stereocenters. The molecular weight excluding hydrogens is 638 g/mol. The average molecular weight is 690 g/mol. The van der Waals surface area contributed by atoms with E-state index in [4.69, 9.17) is 19.3 Å². The Morgan fingerprint density at radius 3 is 2.36 bits per heavy atom. The number of cyclic esters (lactones) is 1. The van der Waals surface area contributed by atoms with Gasteiger partial charge in [-0.2, -0.15) is 0 Å². The van der Waals surface area contributed by atoms with Crippen molar-refractivity contribution in [1.82, 2.24) is 16.0 Å². The minimum Gasteiger partial charge on any atom is -0.462 e. The highest BCUT2D eigenvalue weighted by molar-refractivity contribution is 5.86. The first-order chi connectivity index (χ1) is 24.4. The van der Waals surface area contributed by atoms with Crippen LogP contribution in [0.2, 0.25) is 0 Å². The fourth-order valence-electron chi connectivity index (χ4n) is 7.28. The van der Waals surface area contributed by atoms with Crippen molar-refractivity contribution in [1.29, 1.82) is 0 Å². The lowest BCUT2D eigenvalue weighted by molar-refractivity contribution is -0.148. The molecular formula is C39H51N3O8. The summed E-state index contributed by atoms with van der Waals surface area (Å²) in [5.41, 5.74) is 4.46. The molecule has 2 aliphatic carbocycles. The van der Waals surface area contributed by atoms with Crippen LogP contribution < -0.4 is 16.0 Å². The summed E-state index contributed by atoms with van der Waals surface area (Å²) in [5.74, 6) is -1.41. The van der Waals surface area contributed by atoms with Crippen molar-refractivity contribution in [2.24, 2.45) is 11.8 Å². The number of benzene rings is 2. The fourth-order valence-corrected chi connectivity index (χ4v) is 7.28. The lowest BCUT2D eigenvalue weighted by atomic mass is 9.84. The van der Waals surface area contributed by atoms with Crippen LogP contribution in [0.25, 0.3) is 11.1 Å². The zero-order valence-corrected chi connectivity index (χ0v) is 28.8. The van der Waals surface area contributed by atoms with Crippen molar-refractivity contribution in [3.05, 3.63) is 71.8 Å². The monoisotopic (exact) mass is 689 g/mol. The molecule has 11 heteroatoms. The Kier molecular flexibility index (Phi) is 14.3. The van der Waals surface area contributed by atoms with Crippen molar-refractivity contribution in [3.63, 3.8) is 0 Å². The number of hydrogen-bond donors (Lipinski definition) is 4. The Morgan fingerprint density at radius 2 is 1.64 bits per heavy atom. The lowest BCUT2D eigenvalue weighted by Gasteiger charge is -2.28. The molecule has 3 amide bonds. The maximum Gasteiger partial charge on any atom is 0.407 e.